The molecule has 1 saturated heterocycles. The Morgan fingerprint density at radius 2 is 1.74 bits per heavy atom. The second kappa shape index (κ2) is 10.3. The number of hydrogen-bond acceptors (Lipinski definition) is 5. The van der Waals surface area contributed by atoms with E-state index >= 15 is 4.39 Å². The molecule has 198 valence electrons. The maximum absolute atomic E-state index is 15.4. The molecular weight excluding hydrogens is 502 g/mol. The number of pyridine rings is 1. The quantitative estimate of drug-likeness (QED) is 0.474. The van der Waals surface area contributed by atoms with Gasteiger partial charge >= 0.3 is 6.18 Å². The number of hydrogen-bond donors (Lipinski definition) is 2. The number of anilines is 2. The van der Waals surface area contributed by atoms with Crippen molar-refractivity contribution < 1.29 is 22.4 Å². The molecule has 2 N–H and O–H groups in total. The van der Waals surface area contributed by atoms with E-state index < -0.39 is 34.6 Å². The first-order valence-electron chi connectivity index (χ1n) is 11.8. The molecule has 0 bridgehead atoms. The lowest BCUT2D eigenvalue weighted by Gasteiger charge is -2.44. The first-order chi connectivity index (χ1) is 17.9. The summed E-state index contributed by atoms with van der Waals surface area (Å²) in [6.07, 6.45) is -4.23. The fourth-order valence-electron chi connectivity index (χ4n) is 4.55. The van der Waals surface area contributed by atoms with Gasteiger partial charge < -0.3 is 15.2 Å². The predicted molar refractivity (Wildman–Crippen MR) is 135 cm³/mol. The van der Waals surface area contributed by atoms with E-state index in [2.05, 4.69) is 15.2 Å². The monoisotopic (exact) mass is 527 g/mol. The highest BCUT2D eigenvalue weighted by Gasteiger charge is 2.36. The van der Waals surface area contributed by atoms with E-state index in [1.165, 1.54) is 24.3 Å². The summed E-state index contributed by atoms with van der Waals surface area (Å²) in [6.45, 7) is 4.98. The lowest BCUT2D eigenvalue weighted by molar-refractivity contribution is -0.138. The van der Waals surface area contributed by atoms with Crippen LogP contribution >= 0.6 is 0 Å². The molecule has 4 rings (SSSR count). The van der Waals surface area contributed by atoms with Crippen LogP contribution in [0.5, 0.6) is 0 Å². The molecular formula is C27H25F4N5O2. The molecule has 0 radical (unpaired) electrons. The molecule has 2 aromatic carbocycles. The van der Waals surface area contributed by atoms with Gasteiger partial charge in [-0.2, -0.15) is 18.4 Å². The van der Waals surface area contributed by atoms with Crippen molar-refractivity contribution in [1.29, 1.82) is 5.26 Å². The van der Waals surface area contributed by atoms with E-state index in [0.29, 0.717) is 42.2 Å². The summed E-state index contributed by atoms with van der Waals surface area (Å²) in [5, 5.41) is 11.6. The Labute approximate surface area is 216 Å². The van der Waals surface area contributed by atoms with Gasteiger partial charge in [-0.3, -0.25) is 14.5 Å². The van der Waals surface area contributed by atoms with Crippen molar-refractivity contribution in [3.63, 3.8) is 0 Å². The molecule has 2 atom stereocenters. The second-order valence-corrected chi connectivity index (χ2v) is 9.38. The summed E-state index contributed by atoms with van der Waals surface area (Å²) < 4.78 is 56.3. The van der Waals surface area contributed by atoms with Crippen molar-refractivity contribution in [2.45, 2.75) is 32.1 Å². The topological polar surface area (TPSA) is 92.2 Å². The molecule has 1 aliphatic rings. The van der Waals surface area contributed by atoms with Crippen LogP contribution in [0, 0.1) is 17.1 Å². The Morgan fingerprint density at radius 3 is 2.32 bits per heavy atom. The van der Waals surface area contributed by atoms with Crippen LogP contribution in [0.25, 0.3) is 11.1 Å². The van der Waals surface area contributed by atoms with Crippen molar-refractivity contribution in [2.24, 2.45) is 0 Å². The van der Waals surface area contributed by atoms with Crippen LogP contribution in [0.15, 0.2) is 53.5 Å². The van der Waals surface area contributed by atoms with Crippen LogP contribution < -0.4 is 15.8 Å². The highest BCUT2D eigenvalue weighted by molar-refractivity contribution is 6.07. The Hall–Kier alpha value is -4.17. The molecule has 11 heteroatoms. The molecule has 1 aliphatic heterocycles. The third kappa shape index (κ3) is 5.40. The number of aromatic amines is 1. The van der Waals surface area contributed by atoms with Crippen molar-refractivity contribution >= 4 is 17.3 Å². The van der Waals surface area contributed by atoms with E-state index in [4.69, 9.17) is 5.26 Å². The van der Waals surface area contributed by atoms with Gasteiger partial charge in [0.15, 0.2) is 0 Å². The number of alkyl halides is 3. The molecule has 0 unspecified atom stereocenters. The van der Waals surface area contributed by atoms with Crippen molar-refractivity contribution in [3.05, 3.63) is 81.5 Å². The van der Waals surface area contributed by atoms with Crippen LogP contribution in [0.2, 0.25) is 0 Å². The Morgan fingerprint density at radius 1 is 1.11 bits per heavy atom. The second-order valence-electron chi connectivity index (χ2n) is 9.38. The van der Waals surface area contributed by atoms with Crippen molar-refractivity contribution in [1.82, 2.24) is 9.88 Å². The first-order valence-corrected chi connectivity index (χ1v) is 11.8. The predicted octanol–water partition coefficient (Wildman–Crippen LogP) is 4.85. The molecule has 0 saturated carbocycles. The van der Waals surface area contributed by atoms with Gasteiger partial charge in [-0.05, 0) is 50.7 Å². The van der Waals surface area contributed by atoms with Gasteiger partial charge in [0.2, 0.25) is 5.56 Å². The number of carbonyl (C=O) groups is 1. The molecule has 1 aromatic heterocycles. The van der Waals surface area contributed by atoms with Gasteiger partial charge in [-0.1, -0.05) is 12.1 Å². The van der Waals surface area contributed by atoms with Crippen molar-refractivity contribution in [2.75, 3.05) is 30.4 Å². The summed E-state index contributed by atoms with van der Waals surface area (Å²) in [7, 11) is 1.97. The minimum absolute atomic E-state index is 0.0830. The lowest BCUT2D eigenvalue weighted by Crippen LogP contribution is -2.55. The molecule has 3 aromatic rings. The summed E-state index contributed by atoms with van der Waals surface area (Å²) in [6, 6.07) is 11.2. The number of nitrogens with zero attached hydrogens (tertiary/aromatic N) is 3. The highest BCUT2D eigenvalue weighted by Crippen LogP contribution is 2.37. The van der Waals surface area contributed by atoms with E-state index in [9.17, 15) is 22.8 Å². The number of benzene rings is 2. The standard InChI is InChI=1S/C27H25F4N5O2/c1-15-13-36(14-16(2)35(15)3)24-10-22(28)19(18-6-4-17(11-32)5-7-18)8-23(24)34-26(38)20-12-33-25(37)9-21(20)27(29,30)31/h4-10,12,15-16H,13-14H2,1-3H3,(H,33,37)(H,34,38)/t15-,16+. The van der Waals surface area contributed by atoms with Crippen molar-refractivity contribution in [3.8, 4) is 17.2 Å². The van der Waals surface area contributed by atoms with E-state index in [1.54, 1.807) is 12.1 Å². The zero-order valence-corrected chi connectivity index (χ0v) is 20.9. The summed E-state index contributed by atoms with van der Waals surface area (Å²) in [5.74, 6) is -1.70. The number of aromatic nitrogens is 1. The van der Waals surface area contributed by atoms with E-state index in [0.717, 1.165) is 0 Å². The maximum Gasteiger partial charge on any atom is 0.417 e. The Bertz CT molecular complexity index is 1450. The Kier molecular flexibility index (Phi) is 7.29. The number of halogens is 4. The van der Waals surface area contributed by atoms with Gasteiger partial charge in [0, 0.05) is 43.0 Å². The third-order valence-corrected chi connectivity index (χ3v) is 6.83. The average Bonchev–Trinajstić information content (AvgIpc) is 2.87. The molecule has 0 aliphatic carbocycles. The summed E-state index contributed by atoms with van der Waals surface area (Å²) >= 11 is 0. The molecule has 2 heterocycles. The van der Waals surface area contributed by atoms with Gasteiger partial charge in [0.05, 0.1) is 34.1 Å². The van der Waals surface area contributed by atoms with E-state index in [1.807, 2.05) is 31.9 Å². The summed E-state index contributed by atoms with van der Waals surface area (Å²) in [5.41, 5.74) is -1.83. The van der Waals surface area contributed by atoms with Crippen LogP contribution in [-0.4, -0.2) is 48.0 Å². The normalized spacial score (nSPS) is 18.2. The van der Waals surface area contributed by atoms with Gasteiger partial charge in [-0.25, -0.2) is 4.39 Å². The summed E-state index contributed by atoms with van der Waals surface area (Å²) in [4.78, 5) is 30.8. The zero-order valence-electron chi connectivity index (χ0n) is 20.9. The largest absolute Gasteiger partial charge is 0.417 e. The molecule has 38 heavy (non-hydrogen) atoms. The number of nitrogens with one attached hydrogen (secondary N) is 2. The number of H-pyrrole nitrogens is 1. The van der Waals surface area contributed by atoms with Gasteiger partial charge in [0.1, 0.15) is 5.82 Å². The number of amides is 1. The third-order valence-electron chi connectivity index (χ3n) is 6.83. The van der Waals surface area contributed by atoms with Crippen LogP contribution in [-0.2, 0) is 6.18 Å². The number of nitriles is 1. The fourth-order valence-corrected chi connectivity index (χ4v) is 4.55. The first kappa shape index (κ1) is 26.9. The number of piperazine rings is 1. The highest BCUT2D eigenvalue weighted by atomic mass is 19.4. The van der Waals surface area contributed by atoms with Crippen LogP contribution in [0.3, 0.4) is 0 Å². The molecule has 1 amide bonds. The van der Waals surface area contributed by atoms with Crippen LogP contribution in [0.4, 0.5) is 28.9 Å². The number of likely N-dealkylation sites (N-methyl/N-ethyl adjacent to an activating group) is 1. The number of rotatable bonds is 4. The smallest absolute Gasteiger partial charge is 0.367 e. The van der Waals surface area contributed by atoms with Gasteiger partial charge in [-0.15, -0.1) is 0 Å². The lowest BCUT2D eigenvalue weighted by atomic mass is 10.0. The van der Waals surface area contributed by atoms with E-state index in [-0.39, 0.29) is 23.3 Å². The zero-order chi connectivity index (χ0) is 27.8. The SMILES string of the molecule is C[C@@H]1CN(c2cc(F)c(-c3ccc(C#N)cc3)cc2NC(=O)c2c[nH]c(=O)cc2C(F)(F)F)C[C@H](C)N1C. The molecule has 1 fully saturated rings. The molecule has 0 spiro atoms. The molecule has 7 nitrogen and oxygen atoms in total. The minimum Gasteiger partial charge on any atom is -0.367 e. The average molecular weight is 528 g/mol. The van der Waals surface area contributed by atoms with Gasteiger partial charge in [0.25, 0.3) is 5.91 Å². The van der Waals surface area contributed by atoms with Crippen LogP contribution in [0.1, 0.15) is 35.3 Å². The fraction of sp³-hybridized carbons (Fsp3) is 0.296. The maximum atomic E-state index is 15.4. The number of carbonyl (C=O) groups excluding carboxylic acids is 1. The minimum atomic E-state index is -4.94. The Balaban J connectivity index is 1.82.